The molecule has 2 heterocycles. The molecule has 35 heavy (non-hydrogen) atoms. The van der Waals surface area contributed by atoms with E-state index in [2.05, 4.69) is 36.4 Å². The molecule has 0 unspecified atom stereocenters. The van der Waals surface area contributed by atoms with Gasteiger partial charge in [0.25, 0.3) is 0 Å². The van der Waals surface area contributed by atoms with Crippen molar-refractivity contribution < 1.29 is 0 Å². The van der Waals surface area contributed by atoms with E-state index in [1.807, 2.05) is 77.8 Å². The highest BCUT2D eigenvalue weighted by Crippen LogP contribution is 2.41. The summed E-state index contributed by atoms with van der Waals surface area (Å²) in [6.07, 6.45) is 0. The van der Waals surface area contributed by atoms with E-state index in [1.54, 1.807) is 0 Å². The quantitative estimate of drug-likeness (QED) is 0.351. The Kier molecular flexibility index (Phi) is 6.10. The van der Waals surface area contributed by atoms with Crippen LogP contribution in [0.2, 0.25) is 0 Å². The molecule has 4 N–H and O–H groups in total. The molecule has 3 aromatic carbocycles. The number of nitrogen functional groups attached to an aromatic ring is 2. The van der Waals surface area contributed by atoms with Crippen molar-refractivity contribution in [3.8, 4) is 0 Å². The van der Waals surface area contributed by atoms with Gasteiger partial charge in [0.1, 0.15) is 11.6 Å². The normalized spacial score (nSPS) is 11.3. The zero-order chi connectivity index (χ0) is 24.4. The van der Waals surface area contributed by atoms with E-state index in [0.717, 1.165) is 39.2 Å². The molecule has 6 nitrogen and oxygen atoms in total. The zero-order valence-electron chi connectivity index (χ0n) is 20.1. The van der Waals surface area contributed by atoms with Crippen LogP contribution in [0.25, 0.3) is 0 Å². The first-order valence-electron chi connectivity index (χ1n) is 11.8. The van der Waals surface area contributed by atoms with Crippen LogP contribution in [0.1, 0.15) is 45.1 Å². The fourth-order valence-electron chi connectivity index (χ4n) is 4.82. The van der Waals surface area contributed by atoms with Crippen LogP contribution >= 0.6 is 0 Å². The molecular weight excluding hydrogens is 432 g/mol. The number of nitrogens with zero attached hydrogens (tertiary/aromatic N) is 4. The molecule has 2 aromatic heterocycles. The van der Waals surface area contributed by atoms with Crippen LogP contribution in [-0.2, 0) is 13.1 Å². The van der Waals surface area contributed by atoms with Gasteiger partial charge in [0.15, 0.2) is 0 Å². The summed E-state index contributed by atoms with van der Waals surface area (Å²) >= 11 is 0. The maximum atomic E-state index is 6.79. The minimum absolute atomic E-state index is 0.176. The lowest BCUT2D eigenvalue weighted by Crippen LogP contribution is -2.12. The number of anilines is 2. The summed E-state index contributed by atoms with van der Waals surface area (Å²) in [5, 5.41) is 9.67. The van der Waals surface area contributed by atoms with Gasteiger partial charge < -0.3 is 11.5 Å². The van der Waals surface area contributed by atoms with Crippen molar-refractivity contribution in [3.05, 3.63) is 130 Å². The molecule has 0 aliphatic heterocycles. The molecule has 0 bridgehead atoms. The van der Waals surface area contributed by atoms with E-state index >= 15 is 0 Å². The molecule has 0 atom stereocenters. The average molecular weight is 463 g/mol. The Morgan fingerprint density at radius 3 is 1.37 bits per heavy atom. The highest BCUT2D eigenvalue weighted by Gasteiger charge is 2.30. The molecule has 5 aromatic rings. The van der Waals surface area contributed by atoms with E-state index in [1.165, 1.54) is 0 Å². The molecule has 0 aliphatic rings. The Hall–Kier alpha value is -4.32. The first-order chi connectivity index (χ1) is 17.0. The van der Waals surface area contributed by atoms with Crippen molar-refractivity contribution in [3.63, 3.8) is 0 Å². The summed E-state index contributed by atoms with van der Waals surface area (Å²) in [6, 6.07) is 30.8. The summed E-state index contributed by atoms with van der Waals surface area (Å²) in [7, 11) is 0. The van der Waals surface area contributed by atoms with Gasteiger partial charge in [-0.15, -0.1) is 0 Å². The van der Waals surface area contributed by atoms with Gasteiger partial charge in [-0.1, -0.05) is 91.0 Å². The van der Waals surface area contributed by atoms with Crippen LogP contribution < -0.4 is 11.5 Å². The first kappa shape index (κ1) is 22.5. The van der Waals surface area contributed by atoms with Crippen molar-refractivity contribution in [2.45, 2.75) is 32.9 Å². The second-order valence-corrected chi connectivity index (χ2v) is 8.90. The number of hydrogen-bond donors (Lipinski definition) is 2. The van der Waals surface area contributed by atoms with Crippen LogP contribution in [0.4, 0.5) is 11.6 Å². The van der Waals surface area contributed by atoms with Crippen molar-refractivity contribution in [1.29, 1.82) is 0 Å². The molecular formula is C29H30N6. The molecule has 5 rings (SSSR count). The number of aryl methyl sites for hydroxylation is 2. The second-order valence-electron chi connectivity index (χ2n) is 8.90. The van der Waals surface area contributed by atoms with Gasteiger partial charge in [-0.2, -0.15) is 10.2 Å². The van der Waals surface area contributed by atoms with Gasteiger partial charge in [-0.3, -0.25) is 0 Å². The molecule has 0 fully saturated rings. The highest BCUT2D eigenvalue weighted by molar-refractivity contribution is 5.61. The highest BCUT2D eigenvalue weighted by atomic mass is 15.3. The van der Waals surface area contributed by atoms with Crippen molar-refractivity contribution >= 4 is 11.6 Å². The number of benzene rings is 3. The second kappa shape index (κ2) is 9.50. The number of rotatable bonds is 7. The predicted molar refractivity (Wildman–Crippen MR) is 141 cm³/mol. The molecule has 0 spiro atoms. The summed E-state index contributed by atoms with van der Waals surface area (Å²) in [6.45, 7) is 5.25. The standard InChI is InChI=1S/C29H30N6/c1-20-25(28(30)34(32-20)18-22-12-6-3-7-13-22)27(24-16-10-5-11-17-24)26-21(2)33-35(29(26)31)19-23-14-8-4-9-15-23/h3-17,27H,18-19,30-31H2,1-2H3. The molecule has 0 saturated heterocycles. The van der Waals surface area contributed by atoms with Crippen molar-refractivity contribution in [2.24, 2.45) is 0 Å². The van der Waals surface area contributed by atoms with E-state index in [-0.39, 0.29) is 5.92 Å². The molecule has 0 radical (unpaired) electrons. The maximum Gasteiger partial charge on any atom is 0.126 e. The van der Waals surface area contributed by atoms with Crippen LogP contribution in [-0.4, -0.2) is 19.6 Å². The topological polar surface area (TPSA) is 87.7 Å². The van der Waals surface area contributed by atoms with Crippen LogP contribution in [0, 0.1) is 13.8 Å². The Labute approximate surface area is 205 Å². The lowest BCUT2D eigenvalue weighted by Gasteiger charge is -2.19. The van der Waals surface area contributed by atoms with Gasteiger partial charge in [0, 0.05) is 17.0 Å². The number of hydrogen-bond acceptors (Lipinski definition) is 4. The number of nitrogens with two attached hydrogens (primary N) is 2. The third-order valence-electron chi connectivity index (χ3n) is 6.49. The summed E-state index contributed by atoms with van der Waals surface area (Å²) in [4.78, 5) is 0. The van der Waals surface area contributed by atoms with Crippen LogP contribution in [0.3, 0.4) is 0 Å². The summed E-state index contributed by atoms with van der Waals surface area (Å²) in [5.41, 5.74) is 20.7. The first-order valence-corrected chi connectivity index (χ1v) is 11.8. The Balaban J connectivity index is 1.62. The van der Waals surface area contributed by atoms with Crippen molar-refractivity contribution in [2.75, 3.05) is 11.5 Å². The Bertz CT molecular complexity index is 1330. The smallest absolute Gasteiger partial charge is 0.126 e. The Morgan fingerprint density at radius 1 is 0.600 bits per heavy atom. The van der Waals surface area contributed by atoms with Gasteiger partial charge in [0.2, 0.25) is 0 Å². The zero-order valence-corrected chi connectivity index (χ0v) is 20.1. The molecule has 0 aliphatic carbocycles. The van der Waals surface area contributed by atoms with Crippen LogP contribution in [0.15, 0.2) is 91.0 Å². The van der Waals surface area contributed by atoms with E-state index in [9.17, 15) is 0 Å². The van der Waals surface area contributed by atoms with Gasteiger partial charge >= 0.3 is 0 Å². The maximum absolute atomic E-state index is 6.79. The predicted octanol–water partition coefficient (Wildman–Crippen LogP) is 5.14. The molecule has 176 valence electrons. The fourth-order valence-corrected chi connectivity index (χ4v) is 4.82. The minimum atomic E-state index is -0.176. The van der Waals surface area contributed by atoms with Crippen LogP contribution in [0.5, 0.6) is 0 Å². The molecule has 0 amide bonds. The third-order valence-corrected chi connectivity index (χ3v) is 6.49. The van der Waals surface area contributed by atoms with E-state index < -0.39 is 0 Å². The van der Waals surface area contributed by atoms with Crippen molar-refractivity contribution in [1.82, 2.24) is 19.6 Å². The molecule has 0 saturated carbocycles. The number of aromatic nitrogens is 4. The van der Waals surface area contributed by atoms with E-state index in [0.29, 0.717) is 24.7 Å². The average Bonchev–Trinajstić information content (AvgIpc) is 3.31. The summed E-state index contributed by atoms with van der Waals surface area (Å²) < 4.78 is 3.77. The lowest BCUT2D eigenvalue weighted by molar-refractivity contribution is 0.689. The fraction of sp³-hybridized carbons (Fsp3) is 0.172. The lowest BCUT2D eigenvalue weighted by atomic mass is 9.84. The van der Waals surface area contributed by atoms with E-state index in [4.69, 9.17) is 21.7 Å². The monoisotopic (exact) mass is 462 g/mol. The van der Waals surface area contributed by atoms with Gasteiger partial charge in [0.05, 0.1) is 24.5 Å². The SMILES string of the molecule is Cc1nn(Cc2ccccc2)c(N)c1C(c1ccccc1)c1c(C)nn(Cc2ccccc2)c1N. The van der Waals surface area contributed by atoms with Gasteiger partial charge in [-0.25, -0.2) is 9.36 Å². The Morgan fingerprint density at radius 2 is 0.971 bits per heavy atom. The summed E-state index contributed by atoms with van der Waals surface area (Å²) in [5.74, 6) is 1.12. The largest absolute Gasteiger partial charge is 0.384 e. The third kappa shape index (κ3) is 4.43. The molecule has 6 heteroatoms. The van der Waals surface area contributed by atoms with Gasteiger partial charge in [-0.05, 0) is 30.5 Å². The minimum Gasteiger partial charge on any atom is -0.384 e.